The SMILES string of the molecule is COCCc1ccc(-c2ccc3c(F)c(CCc4ccc(C#N)c(F)c4)ccc3c2)cc1. The monoisotopic (exact) mass is 427 g/mol. The van der Waals surface area contributed by atoms with Crippen LogP contribution in [0.2, 0.25) is 0 Å². The molecule has 0 heterocycles. The van der Waals surface area contributed by atoms with Gasteiger partial charge in [-0.3, -0.25) is 0 Å². The van der Waals surface area contributed by atoms with Crippen molar-refractivity contribution in [1.29, 1.82) is 5.26 Å². The van der Waals surface area contributed by atoms with Crippen LogP contribution in [0.1, 0.15) is 22.3 Å². The Labute approximate surface area is 186 Å². The number of aryl methyl sites for hydroxylation is 2. The van der Waals surface area contributed by atoms with Crippen LogP contribution >= 0.6 is 0 Å². The van der Waals surface area contributed by atoms with Crippen LogP contribution < -0.4 is 0 Å². The second kappa shape index (κ2) is 9.72. The highest BCUT2D eigenvalue weighted by Crippen LogP contribution is 2.28. The molecule has 32 heavy (non-hydrogen) atoms. The predicted octanol–water partition coefficient (Wildman–Crippen LogP) is 6.63. The molecular formula is C28H23F2NO. The maximum absolute atomic E-state index is 15.1. The van der Waals surface area contributed by atoms with Gasteiger partial charge < -0.3 is 4.74 Å². The molecule has 4 heteroatoms. The standard InChI is InChI=1S/C28H23F2NO/c1-32-15-14-19-2-6-21(7-3-19)23-12-13-26-24(17-23)11-10-22(28(26)30)8-4-20-5-9-25(18-31)27(29)16-20/h2-3,5-7,9-13,16-17H,4,8,14-15H2,1H3. The Bertz CT molecular complexity index is 1290. The normalized spacial score (nSPS) is 10.9. The first-order valence-electron chi connectivity index (χ1n) is 10.6. The molecule has 4 aromatic rings. The molecule has 0 fully saturated rings. The van der Waals surface area contributed by atoms with E-state index in [1.807, 2.05) is 30.3 Å². The minimum atomic E-state index is -0.539. The van der Waals surface area contributed by atoms with Gasteiger partial charge in [-0.1, -0.05) is 54.6 Å². The molecule has 0 N–H and O–H groups in total. The lowest BCUT2D eigenvalue weighted by atomic mass is 9.96. The van der Waals surface area contributed by atoms with Gasteiger partial charge in [-0.05, 0) is 70.7 Å². The predicted molar refractivity (Wildman–Crippen MR) is 123 cm³/mol. The summed E-state index contributed by atoms with van der Waals surface area (Å²) in [6.45, 7) is 0.692. The molecule has 0 amide bonds. The van der Waals surface area contributed by atoms with Gasteiger partial charge in [0.1, 0.15) is 17.7 Å². The van der Waals surface area contributed by atoms with Crippen LogP contribution in [0.3, 0.4) is 0 Å². The Kier molecular flexibility index (Phi) is 6.58. The third-order valence-electron chi connectivity index (χ3n) is 5.75. The first kappa shape index (κ1) is 21.7. The number of halogens is 2. The molecule has 4 aromatic carbocycles. The van der Waals surface area contributed by atoms with E-state index in [-0.39, 0.29) is 11.4 Å². The maximum atomic E-state index is 15.1. The highest BCUT2D eigenvalue weighted by Gasteiger charge is 2.10. The minimum Gasteiger partial charge on any atom is -0.384 e. The van der Waals surface area contributed by atoms with E-state index in [4.69, 9.17) is 10.00 Å². The van der Waals surface area contributed by atoms with Gasteiger partial charge in [0.2, 0.25) is 0 Å². The number of nitriles is 1. The smallest absolute Gasteiger partial charge is 0.141 e. The molecule has 0 aliphatic rings. The van der Waals surface area contributed by atoms with Crippen LogP contribution in [0.4, 0.5) is 8.78 Å². The molecule has 0 aromatic heterocycles. The van der Waals surface area contributed by atoms with Crippen molar-refractivity contribution in [1.82, 2.24) is 0 Å². The zero-order chi connectivity index (χ0) is 22.5. The molecule has 0 saturated heterocycles. The molecule has 4 rings (SSSR count). The average molecular weight is 427 g/mol. The number of rotatable bonds is 7. The van der Waals surface area contributed by atoms with Crippen molar-refractivity contribution in [2.75, 3.05) is 13.7 Å². The minimum absolute atomic E-state index is 0.0195. The third-order valence-corrected chi connectivity index (χ3v) is 5.75. The molecule has 0 aliphatic heterocycles. The van der Waals surface area contributed by atoms with Gasteiger partial charge in [0.25, 0.3) is 0 Å². The van der Waals surface area contributed by atoms with E-state index in [0.717, 1.165) is 28.5 Å². The molecule has 0 atom stereocenters. The Morgan fingerprint density at radius 2 is 1.53 bits per heavy atom. The fourth-order valence-corrected chi connectivity index (χ4v) is 3.88. The summed E-state index contributed by atoms with van der Waals surface area (Å²) in [6.07, 6.45) is 1.83. The van der Waals surface area contributed by atoms with Crippen molar-refractivity contribution >= 4 is 10.8 Å². The van der Waals surface area contributed by atoms with E-state index < -0.39 is 5.82 Å². The number of fused-ring (bicyclic) bond motifs is 1. The molecule has 160 valence electrons. The number of benzene rings is 4. The molecule has 2 nitrogen and oxygen atoms in total. The van der Waals surface area contributed by atoms with Crippen LogP contribution in [-0.2, 0) is 24.0 Å². The Morgan fingerprint density at radius 3 is 2.25 bits per heavy atom. The molecule has 0 saturated carbocycles. The Balaban J connectivity index is 1.53. The van der Waals surface area contributed by atoms with Crippen molar-refractivity contribution in [2.45, 2.75) is 19.3 Å². The zero-order valence-corrected chi connectivity index (χ0v) is 17.9. The van der Waals surface area contributed by atoms with E-state index in [1.54, 1.807) is 19.2 Å². The summed E-state index contributed by atoms with van der Waals surface area (Å²) in [7, 11) is 1.70. The van der Waals surface area contributed by atoms with E-state index in [2.05, 4.69) is 24.3 Å². The second-order valence-electron chi connectivity index (χ2n) is 7.84. The molecule has 0 aliphatic carbocycles. The number of ether oxygens (including phenoxy) is 1. The highest BCUT2D eigenvalue weighted by molar-refractivity contribution is 5.88. The topological polar surface area (TPSA) is 33.0 Å². The molecule has 0 spiro atoms. The number of hydrogen-bond acceptors (Lipinski definition) is 2. The summed E-state index contributed by atoms with van der Waals surface area (Å²) in [5, 5.41) is 10.3. The molecule has 0 unspecified atom stereocenters. The number of hydrogen-bond donors (Lipinski definition) is 0. The van der Waals surface area contributed by atoms with E-state index in [1.165, 1.54) is 17.7 Å². The van der Waals surface area contributed by atoms with Crippen LogP contribution in [0.25, 0.3) is 21.9 Å². The number of methoxy groups -OCH3 is 1. The lowest BCUT2D eigenvalue weighted by molar-refractivity contribution is 0.202. The fraction of sp³-hybridized carbons (Fsp3) is 0.179. The summed E-state index contributed by atoms with van der Waals surface area (Å²) >= 11 is 0. The van der Waals surface area contributed by atoms with Gasteiger partial charge in [-0.15, -0.1) is 0 Å². The summed E-state index contributed by atoms with van der Waals surface area (Å²) in [5.41, 5.74) is 4.69. The average Bonchev–Trinajstić information content (AvgIpc) is 2.82. The fourth-order valence-electron chi connectivity index (χ4n) is 3.88. The van der Waals surface area contributed by atoms with Gasteiger partial charge in [0.05, 0.1) is 12.2 Å². The van der Waals surface area contributed by atoms with Crippen LogP contribution in [0.5, 0.6) is 0 Å². The van der Waals surface area contributed by atoms with Crippen molar-refractivity contribution in [3.05, 3.63) is 107 Å². The van der Waals surface area contributed by atoms with Crippen molar-refractivity contribution in [3.63, 3.8) is 0 Å². The quantitative estimate of drug-likeness (QED) is 0.332. The largest absolute Gasteiger partial charge is 0.384 e. The summed E-state index contributed by atoms with van der Waals surface area (Å²) in [5.74, 6) is -0.777. The van der Waals surface area contributed by atoms with Crippen molar-refractivity contribution < 1.29 is 13.5 Å². The first-order chi connectivity index (χ1) is 15.6. The van der Waals surface area contributed by atoms with E-state index in [0.29, 0.717) is 30.4 Å². The van der Waals surface area contributed by atoms with Crippen molar-refractivity contribution in [2.24, 2.45) is 0 Å². The maximum Gasteiger partial charge on any atom is 0.141 e. The Morgan fingerprint density at radius 1 is 0.781 bits per heavy atom. The van der Waals surface area contributed by atoms with Crippen molar-refractivity contribution in [3.8, 4) is 17.2 Å². The van der Waals surface area contributed by atoms with Gasteiger partial charge in [-0.25, -0.2) is 8.78 Å². The highest BCUT2D eigenvalue weighted by atomic mass is 19.1. The molecule has 0 bridgehead atoms. The second-order valence-corrected chi connectivity index (χ2v) is 7.84. The van der Waals surface area contributed by atoms with Gasteiger partial charge >= 0.3 is 0 Å². The van der Waals surface area contributed by atoms with Crippen LogP contribution in [0, 0.1) is 23.0 Å². The Hall–Kier alpha value is -3.55. The molecule has 0 radical (unpaired) electrons. The van der Waals surface area contributed by atoms with Crippen LogP contribution in [0.15, 0.2) is 72.8 Å². The third kappa shape index (κ3) is 4.69. The van der Waals surface area contributed by atoms with Gasteiger partial charge in [0.15, 0.2) is 0 Å². The zero-order valence-electron chi connectivity index (χ0n) is 17.9. The van der Waals surface area contributed by atoms with E-state index in [9.17, 15) is 4.39 Å². The molecular weight excluding hydrogens is 404 g/mol. The first-order valence-corrected chi connectivity index (χ1v) is 10.6. The lowest BCUT2D eigenvalue weighted by Gasteiger charge is -2.10. The summed E-state index contributed by atoms with van der Waals surface area (Å²) in [4.78, 5) is 0. The van der Waals surface area contributed by atoms with E-state index >= 15 is 4.39 Å². The van der Waals surface area contributed by atoms with Gasteiger partial charge in [-0.2, -0.15) is 5.26 Å². The number of nitrogens with zero attached hydrogens (tertiary/aromatic N) is 1. The van der Waals surface area contributed by atoms with Crippen LogP contribution in [-0.4, -0.2) is 13.7 Å². The summed E-state index contributed by atoms with van der Waals surface area (Å²) in [6, 6.07) is 24.2. The van der Waals surface area contributed by atoms with Gasteiger partial charge in [0, 0.05) is 12.5 Å². The summed E-state index contributed by atoms with van der Waals surface area (Å²) < 4.78 is 34.1. The lowest BCUT2D eigenvalue weighted by Crippen LogP contribution is -1.97.